The normalized spacial score (nSPS) is 15.6. The van der Waals surface area contributed by atoms with Gasteiger partial charge in [0.1, 0.15) is 0 Å². The molecule has 0 saturated heterocycles. The highest BCUT2D eigenvalue weighted by atomic mass is 16.1. The van der Waals surface area contributed by atoms with Crippen LogP contribution in [-0.4, -0.2) is 10.4 Å². The minimum Gasteiger partial charge on any atom is -0.347 e. The van der Waals surface area contributed by atoms with Gasteiger partial charge in [-0.2, -0.15) is 0 Å². The van der Waals surface area contributed by atoms with E-state index in [-0.39, 0.29) is 5.78 Å². The summed E-state index contributed by atoms with van der Waals surface area (Å²) in [7, 11) is 0. The minimum atomic E-state index is 0.140. The van der Waals surface area contributed by atoms with Gasteiger partial charge in [-0.25, -0.2) is 0 Å². The van der Waals surface area contributed by atoms with Crippen molar-refractivity contribution in [1.29, 1.82) is 0 Å². The van der Waals surface area contributed by atoms with Crippen molar-refractivity contribution in [1.82, 2.24) is 4.57 Å². The molecule has 0 spiro atoms. The van der Waals surface area contributed by atoms with Gasteiger partial charge in [0, 0.05) is 23.8 Å². The number of ketones is 1. The fraction of sp³-hybridized carbons (Fsp3) is 0.357. The van der Waals surface area contributed by atoms with Gasteiger partial charge in [0.05, 0.1) is 0 Å². The molecule has 2 aromatic rings. The van der Waals surface area contributed by atoms with Crippen LogP contribution in [0.3, 0.4) is 0 Å². The number of carbonyl (C=O) groups excluding carboxylic acids is 1. The van der Waals surface area contributed by atoms with Crippen LogP contribution in [0.4, 0.5) is 0 Å². The highest BCUT2D eigenvalue weighted by molar-refractivity contribution is 5.97. The lowest BCUT2D eigenvalue weighted by Gasteiger charge is -2.04. The number of carbonyl (C=O) groups is 1. The molecule has 1 fully saturated rings. The molecule has 0 bridgehead atoms. The van der Waals surface area contributed by atoms with E-state index in [1.54, 1.807) is 6.92 Å². The predicted octanol–water partition coefficient (Wildman–Crippen LogP) is 3.25. The summed E-state index contributed by atoms with van der Waals surface area (Å²) in [4.78, 5) is 11.3. The number of hydrogen-bond acceptors (Lipinski definition) is 1. The van der Waals surface area contributed by atoms with Crippen molar-refractivity contribution in [3.63, 3.8) is 0 Å². The van der Waals surface area contributed by atoms with Crippen molar-refractivity contribution in [3.8, 4) is 0 Å². The molecule has 0 unspecified atom stereocenters. The number of rotatable bonds is 3. The van der Waals surface area contributed by atoms with E-state index in [9.17, 15) is 4.79 Å². The third-order valence-corrected chi connectivity index (χ3v) is 3.33. The van der Waals surface area contributed by atoms with E-state index in [1.165, 1.54) is 23.7 Å². The lowest BCUT2D eigenvalue weighted by molar-refractivity contribution is 0.101. The number of nitrogens with zero attached hydrogens (tertiary/aromatic N) is 1. The topological polar surface area (TPSA) is 22.0 Å². The van der Waals surface area contributed by atoms with Crippen LogP contribution in [0.2, 0.25) is 0 Å². The Labute approximate surface area is 94.9 Å². The van der Waals surface area contributed by atoms with Gasteiger partial charge in [-0.1, -0.05) is 12.1 Å². The van der Waals surface area contributed by atoms with E-state index in [0.29, 0.717) is 0 Å². The lowest BCUT2D eigenvalue weighted by Crippen LogP contribution is -1.98. The van der Waals surface area contributed by atoms with Gasteiger partial charge in [0.2, 0.25) is 0 Å². The molecule has 16 heavy (non-hydrogen) atoms. The highest BCUT2D eigenvalue weighted by Crippen LogP contribution is 2.32. The van der Waals surface area contributed by atoms with E-state index < -0.39 is 0 Å². The van der Waals surface area contributed by atoms with Crippen LogP contribution in [0.5, 0.6) is 0 Å². The number of Topliss-reactive ketones (excluding diaryl/α,β-unsaturated/α-hetero) is 1. The molecule has 82 valence electrons. The summed E-state index contributed by atoms with van der Waals surface area (Å²) >= 11 is 0. The van der Waals surface area contributed by atoms with Crippen LogP contribution in [0.25, 0.3) is 10.9 Å². The van der Waals surface area contributed by atoms with Gasteiger partial charge in [-0.05, 0) is 43.2 Å². The minimum absolute atomic E-state index is 0.140. The summed E-state index contributed by atoms with van der Waals surface area (Å²) in [6.07, 6.45) is 4.84. The van der Waals surface area contributed by atoms with E-state index in [0.717, 1.165) is 18.0 Å². The van der Waals surface area contributed by atoms with Crippen molar-refractivity contribution < 1.29 is 4.79 Å². The maximum atomic E-state index is 11.3. The van der Waals surface area contributed by atoms with E-state index in [1.807, 2.05) is 18.2 Å². The molecule has 1 saturated carbocycles. The third kappa shape index (κ3) is 1.64. The van der Waals surface area contributed by atoms with Crippen LogP contribution >= 0.6 is 0 Å². The Balaban J connectivity index is 2.07. The van der Waals surface area contributed by atoms with Crippen molar-refractivity contribution in [3.05, 3.63) is 36.0 Å². The molecule has 1 aliphatic carbocycles. The molecule has 0 radical (unpaired) electrons. The standard InChI is InChI=1S/C14H15NO/c1-10(16)13-5-4-12-6-7-15(14(12)8-13)9-11-2-3-11/h4-8,11H,2-3,9H2,1H3. The van der Waals surface area contributed by atoms with Crippen LogP contribution in [0.1, 0.15) is 30.1 Å². The number of fused-ring (bicyclic) bond motifs is 1. The zero-order chi connectivity index (χ0) is 11.1. The summed E-state index contributed by atoms with van der Waals surface area (Å²) in [5.41, 5.74) is 2.00. The summed E-state index contributed by atoms with van der Waals surface area (Å²) < 4.78 is 2.28. The average Bonchev–Trinajstić information content (AvgIpc) is 2.99. The summed E-state index contributed by atoms with van der Waals surface area (Å²) in [5.74, 6) is 0.998. The molecule has 0 amide bonds. The first-order valence-electron chi connectivity index (χ1n) is 5.84. The first-order chi connectivity index (χ1) is 7.74. The molecule has 1 aliphatic rings. The molecule has 2 heteroatoms. The Kier molecular flexibility index (Phi) is 2.10. The highest BCUT2D eigenvalue weighted by Gasteiger charge is 2.22. The van der Waals surface area contributed by atoms with Gasteiger partial charge in [0.25, 0.3) is 0 Å². The van der Waals surface area contributed by atoms with Crippen LogP contribution in [-0.2, 0) is 6.54 Å². The number of hydrogen-bond donors (Lipinski definition) is 0. The maximum Gasteiger partial charge on any atom is 0.159 e. The molecule has 0 atom stereocenters. The Hall–Kier alpha value is -1.57. The SMILES string of the molecule is CC(=O)c1ccc2ccn(CC3CC3)c2c1. The maximum absolute atomic E-state index is 11.3. The number of benzene rings is 1. The fourth-order valence-electron chi connectivity index (χ4n) is 2.14. The Morgan fingerprint density at radius 1 is 1.38 bits per heavy atom. The second-order valence-corrected chi connectivity index (χ2v) is 4.74. The molecule has 1 heterocycles. The summed E-state index contributed by atoms with van der Waals surface area (Å²) in [6.45, 7) is 2.72. The molecule has 0 N–H and O–H groups in total. The van der Waals surface area contributed by atoms with Gasteiger partial charge in [0.15, 0.2) is 5.78 Å². The third-order valence-electron chi connectivity index (χ3n) is 3.33. The smallest absolute Gasteiger partial charge is 0.159 e. The zero-order valence-electron chi connectivity index (χ0n) is 9.44. The van der Waals surface area contributed by atoms with E-state index >= 15 is 0 Å². The van der Waals surface area contributed by atoms with Crippen molar-refractivity contribution >= 4 is 16.7 Å². The first kappa shape index (κ1) is 9.64. The first-order valence-corrected chi connectivity index (χ1v) is 5.84. The summed E-state index contributed by atoms with van der Waals surface area (Å²) in [5, 5.41) is 1.23. The van der Waals surface area contributed by atoms with Gasteiger partial charge in [-0.3, -0.25) is 4.79 Å². The lowest BCUT2D eigenvalue weighted by atomic mass is 10.1. The molecule has 1 aromatic carbocycles. The quantitative estimate of drug-likeness (QED) is 0.717. The Bertz CT molecular complexity index is 549. The molecule has 3 rings (SSSR count). The molecular weight excluding hydrogens is 198 g/mol. The molecule has 2 nitrogen and oxygen atoms in total. The molecule has 0 aliphatic heterocycles. The molecule has 1 aromatic heterocycles. The van der Waals surface area contributed by atoms with Crippen LogP contribution in [0.15, 0.2) is 30.5 Å². The summed E-state index contributed by atoms with van der Waals surface area (Å²) in [6, 6.07) is 8.09. The monoisotopic (exact) mass is 213 g/mol. The van der Waals surface area contributed by atoms with Gasteiger partial charge >= 0.3 is 0 Å². The van der Waals surface area contributed by atoms with E-state index in [2.05, 4.69) is 16.8 Å². The largest absolute Gasteiger partial charge is 0.347 e. The molecular formula is C14H15NO. The predicted molar refractivity (Wildman–Crippen MR) is 64.7 cm³/mol. The fourth-order valence-corrected chi connectivity index (χ4v) is 2.14. The Morgan fingerprint density at radius 2 is 2.19 bits per heavy atom. The van der Waals surface area contributed by atoms with E-state index in [4.69, 9.17) is 0 Å². The average molecular weight is 213 g/mol. The number of aromatic nitrogens is 1. The second-order valence-electron chi connectivity index (χ2n) is 4.74. The van der Waals surface area contributed by atoms with Crippen LogP contribution < -0.4 is 0 Å². The van der Waals surface area contributed by atoms with Crippen molar-refractivity contribution in [2.75, 3.05) is 0 Å². The van der Waals surface area contributed by atoms with Gasteiger partial charge in [-0.15, -0.1) is 0 Å². The van der Waals surface area contributed by atoms with Gasteiger partial charge < -0.3 is 4.57 Å². The van der Waals surface area contributed by atoms with Crippen molar-refractivity contribution in [2.45, 2.75) is 26.3 Å². The van der Waals surface area contributed by atoms with Crippen LogP contribution in [0, 0.1) is 5.92 Å². The second kappa shape index (κ2) is 3.48. The zero-order valence-corrected chi connectivity index (χ0v) is 9.44. The Morgan fingerprint density at radius 3 is 2.88 bits per heavy atom. The van der Waals surface area contributed by atoms with Crippen molar-refractivity contribution in [2.24, 2.45) is 5.92 Å².